The first kappa shape index (κ1) is 20.4. The molecule has 2 heterocycles. The molecule has 164 valence electrons. The van der Waals surface area contributed by atoms with Crippen LogP contribution in [0, 0.1) is 11.3 Å². The predicted octanol–water partition coefficient (Wildman–Crippen LogP) is 3.86. The van der Waals surface area contributed by atoms with Gasteiger partial charge in [0.15, 0.2) is 0 Å². The summed E-state index contributed by atoms with van der Waals surface area (Å²) in [4.78, 5) is 26.8. The van der Waals surface area contributed by atoms with Gasteiger partial charge in [0.1, 0.15) is 5.69 Å². The number of alkyl halides is 2. The molecule has 2 fully saturated rings. The van der Waals surface area contributed by atoms with Crippen molar-refractivity contribution < 1.29 is 18.4 Å². The summed E-state index contributed by atoms with van der Waals surface area (Å²) in [5.41, 5.74) is 7.52. The predicted molar refractivity (Wildman–Crippen MR) is 111 cm³/mol. The van der Waals surface area contributed by atoms with Gasteiger partial charge in [0.25, 0.3) is 5.91 Å². The number of hydrogen-bond donors (Lipinski definition) is 1. The molecule has 9 heteroatoms. The van der Waals surface area contributed by atoms with Crippen molar-refractivity contribution in [2.45, 2.75) is 51.1 Å². The lowest BCUT2D eigenvalue weighted by atomic mass is 9.50. The van der Waals surface area contributed by atoms with E-state index in [1.807, 2.05) is 6.07 Å². The number of nitrogens with two attached hydrogens (primary N) is 1. The molecule has 0 bridgehead atoms. The van der Waals surface area contributed by atoms with Crippen LogP contribution in [0.15, 0.2) is 24.3 Å². The molecule has 1 aromatic carbocycles. The number of rotatable bonds is 4. The number of halogens is 3. The van der Waals surface area contributed by atoms with Crippen molar-refractivity contribution in [3.05, 3.63) is 40.5 Å². The summed E-state index contributed by atoms with van der Waals surface area (Å²) in [5.74, 6) is -2.98. The summed E-state index contributed by atoms with van der Waals surface area (Å²) in [5, 5.41) is 5.09. The summed E-state index contributed by atoms with van der Waals surface area (Å²) in [7, 11) is 0. The Hall–Kier alpha value is -2.48. The molecule has 1 aliphatic heterocycles. The number of carbonyl (C=O) groups excluding carboxylic acids is 2. The number of hydrogen-bond acceptors (Lipinski definition) is 3. The molecule has 1 aromatic heterocycles. The SMILES string of the molecule is NC(=O)c1c(-c2cccc(Cl)c2)nn2c1CN(C(=O)CC1CC3(C1)CC(F)(F)C3)CC2. The summed E-state index contributed by atoms with van der Waals surface area (Å²) < 4.78 is 28.1. The summed E-state index contributed by atoms with van der Waals surface area (Å²) in [6.07, 6.45) is 1.68. The normalized spacial score (nSPS) is 21.3. The van der Waals surface area contributed by atoms with Crippen molar-refractivity contribution in [2.75, 3.05) is 6.54 Å². The Morgan fingerprint density at radius 1 is 1.23 bits per heavy atom. The standard InChI is InChI=1S/C22H23ClF2N4O2/c23-15-3-1-2-14(7-15)19-18(20(26)31)16-10-28(4-5-29(16)27-19)17(30)6-13-8-21(9-13)11-22(24,25)12-21/h1-3,7,13H,4-6,8-12H2,(H2,26,31). The van der Waals surface area contributed by atoms with E-state index in [-0.39, 0.29) is 36.6 Å². The van der Waals surface area contributed by atoms with Crippen LogP contribution in [0.4, 0.5) is 8.78 Å². The number of nitrogens with zero attached hydrogens (tertiary/aromatic N) is 3. The van der Waals surface area contributed by atoms with Crippen LogP contribution in [0.25, 0.3) is 11.3 Å². The van der Waals surface area contributed by atoms with Gasteiger partial charge in [-0.3, -0.25) is 14.3 Å². The fourth-order valence-electron chi connectivity index (χ4n) is 5.65. The van der Waals surface area contributed by atoms with E-state index in [0.29, 0.717) is 59.9 Å². The minimum Gasteiger partial charge on any atom is -0.365 e. The molecule has 2 saturated carbocycles. The van der Waals surface area contributed by atoms with E-state index in [1.165, 1.54) is 0 Å². The van der Waals surface area contributed by atoms with Gasteiger partial charge in [-0.2, -0.15) is 5.10 Å². The maximum Gasteiger partial charge on any atom is 0.252 e. The van der Waals surface area contributed by atoms with E-state index in [1.54, 1.807) is 27.8 Å². The number of fused-ring (bicyclic) bond motifs is 1. The van der Waals surface area contributed by atoms with Crippen molar-refractivity contribution in [2.24, 2.45) is 17.1 Å². The van der Waals surface area contributed by atoms with Crippen molar-refractivity contribution in [1.82, 2.24) is 14.7 Å². The maximum atomic E-state index is 13.2. The van der Waals surface area contributed by atoms with E-state index >= 15 is 0 Å². The van der Waals surface area contributed by atoms with Crippen LogP contribution in [-0.2, 0) is 17.9 Å². The zero-order valence-corrected chi connectivity index (χ0v) is 17.7. The zero-order chi connectivity index (χ0) is 22.0. The number of aromatic nitrogens is 2. The van der Waals surface area contributed by atoms with E-state index in [4.69, 9.17) is 17.3 Å². The summed E-state index contributed by atoms with van der Waals surface area (Å²) in [6.45, 7) is 1.19. The van der Waals surface area contributed by atoms with Gasteiger partial charge in [0.2, 0.25) is 11.8 Å². The molecule has 1 spiro atoms. The number of benzene rings is 1. The number of amides is 2. The lowest BCUT2D eigenvalue weighted by molar-refractivity contribution is -0.207. The van der Waals surface area contributed by atoms with Crippen LogP contribution >= 0.6 is 11.6 Å². The molecule has 0 atom stereocenters. The third-order valence-corrected chi connectivity index (χ3v) is 7.09. The van der Waals surface area contributed by atoms with E-state index in [9.17, 15) is 18.4 Å². The average molecular weight is 449 g/mol. The Labute approximate surface area is 183 Å². The second-order valence-electron chi connectivity index (χ2n) is 9.27. The average Bonchev–Trinajstić information content (AvgIpc) is 3.04. The molecular formula is C22H23ClF2N4O2. The van der Waals surface area contributed by atoms with Crippen molar-refractivity contribution >= 4 is 23.4 Å². The number of carbonyl (C=O) groups is 2. The van der Waals surface area contributed by atoms with E-state index in [0.717, 1.165) is 0 Å². The van der Waals surface area contributed by atoms with Crippen LogP contribution in [0.2, 0.25) is 5.02 Å². The molecule has 0 saturated heterocycles. The molecule has 2 N–H and O–H groups in total. The summed E-state index contributed by atoms with van der Waals surface area (Å²) in [6, 6.07) is 7.05. The Morgan fingerprint density at radius 3 is 2.61 bits per heavy atom. The third kappa shape index (κ3) is 3.60. The highest BCUT2D eigenvalue weighted by molar-refractivity contribution is 6.30. The maximum absolute atomic E-state index is 13.2. The number of primary amides is 1. The molecule has 0 radical (unpaired) electrons. The molecule has 0 unspecified atom stereocenters. The van der Waals surface area contributed by atoms with E-state index in [2.05, 4.69) is 5.10 Å². The van der Waals surface area contributed by atoms with Crippen molar-refractivity contribution in [3.8, 4) is 11.3 Å². The highest BCUT2D eigenvalue weighted by Gasteiger charge is 2.61. The first-order valence-corrected chi connectivity index (χ1v) is 10.8. The Balaban J connectivity index is 1.30. The van der Waals surface area contributed by atoms with Gasteiger partial charge in [-0.25, -0.2) is 8.78 Å². The van der Waals surface area contributed by atoms with Gasteiger partial charge in [-0.15, -0.1) is 0 Å². The largest absolute Gasteiger partial charge is 0.365 e. The smallest absolute Gasteiger partial charge is 0.252 e. The van der Waals surface area contributed by atoms with Crippen molar-refractivity contribution in [1.29, 1.82) is 0 Å². The third-order valence-electron chi connectivity index (χ3n) is 6.85. The van der Waals surface area contributed by atoms with Gasteiger partial charge in [0.05, 0.1) is 24.3 Å². The van der Waals surface area contributed by atoms with Gasteiger partial charge < -0.3 is 10.6 Å². The van der Waals surface area contributed by atoms with Gasteiger partial charge in [-0.05, 0) is 36.3 Å². The first-order valence-electron chi connectivity index (χ1n) is 10.5. The Morgan fingerprint density at radius 2 is 1.97 bits per heavy atom. The molecular weight excluding hydrogens is 426 g/mol. The Bertz CT molecular complexity index is 1070. The highest BCUT2D eigenvalue weighted by Crippen LogP contribution is 2.65. The van der Waals surface area contributed by atoms with Gasteiger partial charge in [-0.1, -0.05) is 23.7 Å². The topological polar surface area (TPSA) is 81.2 Å². The lowest BCUT2D eigenvalue weighted by Gasteiger charge is -2.57. The molecule has 6 nitrogen and oxygen atoms in total. The van der Waals surface area contributed by atoms with Crippen LogP contribution in [-0.4, -0.2) is 39.0 Å². The minimum atomic E-state index is -2.52. The zero-order valence-electron chi connectivity index (χ0n) is 16.9. The van der Waals surface area contributed by atoms with Crippen LogP contribution in [0.1, 0.15) is 48.2 Å². The van der Waals surface area contributed by atoms with Crippen molar-refractivity contribution in [3.63, 3.8) is 0 Å². The Kier molecular flexibility index (Phi) is 4.62. The quantitative estimate of drug-likeness (QED) is 0.771. The van der Waals surface area contributed by atoms with Gasteiger partial charge in [0, 0.05) is 36.4 Å². The molecule has 2 aromatic rings. The molecule has 2 aliphatic carbocycles. The van der Waals surface area contributed by atoms with Crippen LogP contribution < -0.4 is 5.73 Å². The van der Waals surface area contributed by atoms with Crippen LogP contribution in [0.5, 0.6) is 0 Å². The fraction of sp³-hybridized carbons (Fsp3) is 0.500. The fourth-order valence-corrected chi connectivity index (χ4v) is 5.84. The first-order chi connectivity index (χ1) is 14.6. The second kappa shape index (κ2) is 7.02. The van der Waals surface area contributed by atoms with Gasteiger partial charge >= 0.3 is 0 Å². The second-order valence-corrected chi connectivity index (χ2v) is 9.71. The lowest BCUT2D eigenvalue weighted by Crippen LogP contribution is -2.54. The summed E-state index contributed by atoms with van der Waals surface area (Å²) >= 11 is 6.09. The van der Waals surface area contributed by atoms with Crippen LogP contribution in [0.3, 0.4) is 0 Å². The highest BCUT2D eigenvalue weighted by atomic mass is 35.5. The minimum absolute atomic E-state index is 0.0156. The monoisotopic (exact) mass is 448 g/mol. The molecule has 3 aliphatic rings. The molecule has 2 amide bonds. The van der Waals surface area contributed by atoms with E-state index < -0.39 is 11.8 Å². The molecule has 31 heavy (non-hydrogen) atoms. The molecule has 5 rings (SSSR count).